The van der Waals surface area contributed by atoms with Crippen molar-refractivity contribution in [3.8, 4) is 0 Å². The largest absolute Gasteiger partial charge is 0.465 e. The highest BCUT2D eigenvalue weighted by Gasteiger charge is 2.42. The number of hydrogen-bond acceptors (Lipinski definition) is 1. The Morgan fingerprint density at radius 2 is 2.36 bits per heavy atom. The number of carboxylic acid groups (broad SMARTS) is 1. The maximum atomic E-state index is 11.0. The maximum absolute atomic E-state index is 11.0. The molecule has 1 amide bonds. The predicted octanol–water partition coefficient (Wildman–Crippen LogP) is 3.08. The second-order valence-corrected chi connectivity index (χ2v) is 4.56. The first-order valence-corrected chi connectivity index (χ1v) is 6.35. The van der Waals surface area contributed by atoms with E-state index in [1.54, 1.807) is 4.90 Å². The average molecular weight is 264 g/mol. The molecular formula is C10H18BrNO2. The third kappa shape index (κ3) is 2.22. The minimum absolute atomic E-state index is 0.123. The quantitative estimate of drug-likeness (QED) is 0.792. The molecule has 1 fully saturated rings. The average Bonchev–Trinajstić information content (AvgIpc) is 2.59. The van der Waals surface area contributed by atoms with E-state index >= 15 is 0 Å². The molecule has 0 aliphatic carbocycles. The molecule has 3 nitrogen and oxygen atoms in total. The molecule has 0 radical (unpaired) electrons. The van der Waals surface area contributed by atoms with E-state index in [2.05, 4.69) is 22.9 Å². The lowest BCUT2D eigenvalue weighted by Crippen LogP contribution is -2.48. The highest BCUT2D eigenvalue weighted by Crippen LogP contribution is 2.35. The summed E-state index contributed by atoms with van der Waals surface area (Å²) in [6, 6.07) is 0. The lowest BCUT2D eigenvalue weighted by Gasteiger charge is -2.35. The highest BCUT2D eigenvalue weighted by molar-refractivity contribution is 9.09. The summed E-state index contributed by atoms with van der Waals surface area (Å²) in [5.74, 6) is 0. The molecule has 1 unspecified atom stereocenters. The van der Waals surface area contributed by atoms with Crippen molar-refractivity contribution in [2.45, 2.75) is 44.6 Å². The van der Waals surface area contributed by atoms with E-state index in [4.69, 9.17) is 5.11 Å². The van der Waals surface area contributed by atoms with Gasteiger partial charge in [0.1, 0.15) is 0 Å². The standard InChI is InChI=1S/C10H18BrNO2/c1-2-3-5-10(8-11)6-4-7-12(10)9(13)14/h2-8H2,1H3,(H,13,14). The van der Waals surface area contributed by atoms with Gasteiger partial charge in [0.05, 0.1) is 5.54 Å². The normalized spacial score (nSPS) is 26.9. The van der Waals surface area contributed by atoms with E-state index < -0.39 is 6.09 Å². The Bertz CT molecular complexity index is 210. The zero-order valence-corrected chi connectivity index (χ0v) is 10.2. The van der Waals surface area contributed by atoms with Crippen LogP contribution in [0, 0.1) is 0 Å². The first-order valence-electron chi connectivity index (χ1n) is 5.23. The van der Waals surface area contributed by atoms with Crippen molar-refractivity contribution in [2.24, 2.45) is 0 Å². The van der Waals surface area contributed by atoms with E-state index in [-0.39, 0.29) is 5.54 Å². The minimum Gasteiger partial charge on any atom is -0.465 e. The molecule has 0 aromatic heterocycles. The molecule has 1 rings (SSSR count). The Hall–Kier alpha value is -0.250. The molecule has 1 aliphatic heterocycles. The van der Waals surface area contributed by atoms with Crippen molar-refractivity contribution in [1.82, 2.24) is 4.90 Å². The van der Waals surface area contributed by atoms with Crippen LogP contribution < -0.4 is 0 Å². The number of rotatable bonds is 4. The van der Waals surface area contributed by atoms with Crippen molar-refractivity contribution in [3.05, 3.63) is 0 Å². The molecule has 4 heteroatoms. The second kappa shape index (κ2) is 5.01. The number of unbranched alkanes of at least 4 members (excludes halogenated alkanes) is 1. The summed E-state index contributed by atoms with van der Waals surface area (Å²) in [6.07, 6.45) is 4.46. The predicted molar refractivity (Wildman–Crippen MR) is 60.0 cm³/mol. The van der Waals surface area contributed by atoms with E-state index in [0.29, 0.717) is 6.54 Å². The molecule has 0 saturated carbocycles. The minimum atomic E-state index is -0.766. The summed E-state index contributed by atoms with van der Waals surface area (Å²) in [6.45, 7) is 2.84. The zero-order valence-electron chi connectivity index (χ0n) is 8.63. The Morgan fingerprint density at radius 1 is 1.64 bits per heavy atom. The molecule has 1 heterocycles. The van der Waals surface area contributed by atoms with Gasteiger partial charge in [-0.1, -0.05) is 35.7 Å². The Balaban J connectivity index is 2.69. The summed E-state index contributed by atoms with van der Waals surface area (Å²) in [5.41, 5.74) is -0.123. The summed E-state index contributed by atoms with van der Waals surface area (Å²) in [4.78, 5) is 12.7. The SMILES string of the molecule is CCCCC1(CBr)CCCN1C(=O)O. The lowest BCUT2D eigenvalue weighted by molar-refractivity contribution is 0.107. The van der Waals surface area contributed by atoms with Gasteiger partial charge in [-0.3, -0.25) is 0 Å². The Morgan fingerprint density at radius 3 is 2.86 bits per heavy atom. The van der Waals surface area contributed by atoms with Crippen LogP contribution in [0.15, 0.2) is 0 Å². The van der Waals surface area contributed by atoms with E-state index in [0.717, 1.165) is 37.4 Å². The van der Waals surface area contributed by atoms with Crippen LogP contribution in [0.25, 0.3) is 0 Å². The van der Waals surface area contributed by atoms with Gasteiger partial charge in [-0.15, -0.1) is 0 Å². The van der Waals surface area contributed by atoms with Gasteiger partial charge in [-0.2, -0.15) is 0 Å². The van der Waals surface area contributed by atoms with Crippen LogP contribution in [0.2, 0.25) is 0 Å². The fraction of sp³-hybridized carbons (Fsp3) is 0.900. The van der Waals surface area contributed by atoms with E-state index in [1.807, 2.05) is 0 Å². The smallest absolute Gasteiger partial charge is 0.407 e. The third-order valence-corrected chi connectivity index (χ3v) is 4.12. The molecule has 1 saturated heterocycles. The monoisotopic (exact) mass is 263 g/mol. The van der Waals surface area contributed by atoms with Crippen molar-refractivity contribution >= 4 is 22.0 Å². The lowest BCUT2D eigenvalue weighted by atomic mass is 9.92. The summed E-state index contributed by atoms with van der Waals surface area (Å²) in [7, 11) is 0. The molecule has 82 valence electrons. The van der Waals surface area contributed by atoms with E-state index in [1.165, 1.54) is 0 Å². The maximum Gasteiger partial charge on any atom is 0.407 e. The molecule has 0 aromatic carbocycles. The number of halogens is 1. The third-order valence-electron chi connectivity index (χ3n) is 3.07. The summed E-state index contributed by atoms with van der Waals surface area (Å²) < 4.78 is 0. The summed E-state index contributed by atoms with van der Waals surface area (Å²) in [5, 5.41) is 9.85. The van der Waals surface area contributed by atoms with Gasteiger partial charge in [-0.25, -0.2) is 4.79 Å². The van der Waals surface area contributed by atoms with Crippen molar-refractivity contribution in [3.63, 3.8) is 0 Å². The number of likely N-dealkylation sites (tertiary alicyclic amines) is 1. The topological polar surface area (TPSA) is 40.5 Å². The fourth-order valence-corrected chi connectivity index (χ4v) is 3.07. The van der Waals surface area contributed by atoms with Crippen LogP contribution in [-0.2, 0) is 0 Å². The Labute approximate surface area is 93.6 Å². The van der Waals surface area contributed by atoms with Gasteiger partial charge in [0.2, 0.25) is 0 Å². The van der Waals surface area contributed by atoms with Gasteiger partial charge in [-0.05, 0) is 19.3 Å². The van der Waals surface area contributed by atoms with Crippen LogP contribution in [0.3, 0.4) is 0 Å². The second-order valence-electron chi connectivity index (χ2n) is 4.00. The molecule has 0 spiro atoms. The van der Waals surface area contributed by atoms with E-state index in [9.17, 15) is 4.79 Å². The molecule has 0 aromatic rings. The number of nitrogens with zero attached hydrogens (tertiary/aromatic N) is 1. The molecule has 0 bridgehead atoms. The van der Waals surface area contributed by atoms with Gasteiger partial charge >= 0.3 is 6.09 Å². The van der Waals surface area contributed by atoms with Crippen LogP contribution in [0.4, 0.5) is 4.79 Å². The van der Waals surface area contributed by atoms with Gasteiger partial charge < -0.3 is 10.0 Å². The molecule has 1 N–H and O–H groups in total. The fourth-order valence-electron chi connectivity index (χ4n) is 2.21. The van der Waals surface area contributed by atoms with Crippen LogP contribution in [0.1, 0.15) is 39.0 Å². The van der Waals surface area contributed by atoms with Crippen molar-refractivity contribution in [2.75, 3.05) is 11.9 Å². The van der Waals surface area contributed by atoms with Crippen LogP contribution in [-0.4, -0.2) is 33.5 Å². The van der Waals surface area contributed by atoms with Crippen molar-refractivity contribution in [1.29, 1.82) is 0 Å². The first kappa shape index (κ1) is 11.8. The summed E-state index contributed by atoms with van der Waals surface area (Å²) >= 11 is 3.47. The van der Waals surface area contributed by atoms with Crippen molar-refractivity contribution < 1.29 is 9.90 Å². The number of amides is 1. The van der Waals surface area contributed by atoms with Gasteiger partial charge in [0, 0.05) is 11.9 Å². The molecule has 1 atom stereocenters. The molecule has 1 aliphatic rings. The molecule has 14 heavy (non-hydrogen) atoms. The highest BCUT2D eigenvalue weighted by atomic mass is 79.9. The first-order chi connectivity index (χ1) is 6.66. The number of carbonyl (C=O) groups is 1. The van der Waals surface area contributed by atoms with Crippen LogP contribution >= 0.6 is 15.9 Å². The molecular weight excluding hydrogens is 246 g/mol. The number of hydrogen-bond donors (Lipinski definition) is 1. The number of alkyl halides is 1. The van der Waals surface area contributed by atoms with Gasteiger partial charge in [0.25, 0.3) is 0 Å². The van der Waals surface area contributed by atoms with Crippen LogP contribution in [0.5, 0.6) is 0 Å². The Kier molecular flexibility index (Phi) is 4.23. The zero-order chi connectivity index (χ0) is 10.6. The van der Waals surface area contributed by atoms with Gasteiger partial charge in [0.15, 0.2) is 0 Å².